The van der Waals surface area contributed by atoms with Gasteiger partial charge in [-0.15, -0.1) is 0 Å². The maximum Gasteiger partial charge on any atom is 0.217 e. The van der Waals surface area contributed by atoms with Gasteiger partial charge in [0.15, 0.2) is 0 Å². The summed E-state index contributed by atoms with van der Waals surface area (Å²) in [5.41, 5.74) is 6.19. The van der Waals surface area contributed by atoms with Gasteiger partial charge in [-0.3, -0.25) is 4.79 Å². The predicted molar refractivity (Wildman–Crippen MR) is 74.0 cm³/mol. The molecule has 0 saturated carbocycles. The maximum atomic E-state index is 10.5. The summed E-state index contributed by atoms with van der Waals surface area (Å²) in [4.78, 5) is 10.5. The molecular weight excluding hydrogens is 244 g/mol. The SMILES string of the molecule is Cc1ccc(OCC(O)CNCCCC(N)=O)cc1. The van der Waals surface area contributed by atoms with Crippen molar-refractivity contribution < 1.29 is 14.6 Å². The first kappa shape index (κ1) is 15.5. The van der Waals surface area contributed by atoms with Crippen molar-refractivity contribution in [1.29, 1.82) is 0 Å². The molecule has 19 heavy (non-hydrogen) atoms. The van der Waals surface area contributed by atoms with Crippen LogP contribution in [0.5, 0.6) is 5.75 Å². The van der Waals surface area contributed by atoms with Crippen molar-refractivity contribution in [1.82, 2.24) is 5.32 Å². The van der Waals surface area contributed by atoms with E-state index in [-0.39, 0.29) is 12.5 Å². The molecule has 0 fully saturated rings. The standard InChI is InChI=1S/C14H22N2O3/c1-11-4-6-13(7-5-11)19-10-12(17)9-16-8-2-3-14(15)18/h4-7,12,16-17H,2-3,8-10H2,1H3,(H2,15,18). The molecule has 0 radical (unpaired) electrons. The number of carbonyl (C=O) groups excluding carboxylic acids is 1. The molecule has 1 aromatic carbocycles. The van der Waals surface area contributed by atoms with Crippen molar-refractivity contribution in [3.63, 3.8) is 0 Å². The van der Waals surface area contributed by atoms with E-state index in [0.717, 1.165) is 5.75 Å². The van der Waals surface area contributed by atoms with Crippen LogP contribution in [0.1, 0.15) is 18.4 Å². The zero-order chi connectivity index (χ0) is 14.1. The third-order valence-corrected chi connectivity index (χ3v) is 2.62. The van der Waals surface area contributed by atoms with Crippen LogP contribution in [0.3, 0.4) is 0 Å². The van der Waals surface area contributed by atoms with E-state index in [1.54, 1.807) is 0 Å². The van der Waals surface area contributed by atoms with E-state index in [4.69, 9.17) is 10.5 Å². The summed E-state index contributed by atoms with van der Waals surface area (Å²) in [7, 11) is 0. The topological polar surface area (TPSA) is 84.6 Å². The highest BCUT2D eigenvalue weighted by molar-refractivity contribution is 5.73. The molecule has 1 unspecified atom stereocenters. The first-order valence-electron chi connectivity index (χ1n) is 6.44. The lowest BCUT2D eigenvalue weighted by atomic mass is 10.2. The van der Waals surface area contributed by atoms with E-state index in [2.05, 4.69) is 5.32 Å². The zero-order valence-corrected chi connectivity index (χ0v) is 11.3. The molecule has 106 valence electrons. The van der Waals surface area contributed by atoms with Gasteiger partial charge in [0.05, 0.1) is 0 Å². The van der Waals surface area contributed by atoms with Crippen molar-refractivity contribution in [2.24, 2.45) is 5.73 Å². The molecule has 1 amide bonds. The van der Waals surface area contributed by atoms with E-state index in [1.165, 1.54) is 5.56 Å². The van der Waals surface area contributed by atoms with Gasteiger partial charge in [0.2, 0.25) is 5.91 Å². The number of hydrogen-bond donors (Lipinski definition) is 3. The van der Waals surface area contributed by atoms with Gasteiger partial charge in [-0.25, -0.2) is 0 Å². The molecule has 4 N–H and O–H groups in total. The minimum Gasteiger partial charge on any atom is -0.491 e. The van der Waals surface area contributed by atoms with Crippen molar-refractivity contribution in [2.45, 2.75) is 25.9 Å². The Morgan fingerprint density at radius 3 is 2.74 bits per heavy atom. The second-order valence-corrected chi connectivity index (χ2v) is 4.55. The number of nitrogens with one attached hydrogen (secondary N) is 1. The average molecular weight is 266 g/mol. The van der Waals surface area contributed by atoms with Gasteiger partial charge < -0.3 is 20.9 Å². The quantitative estimate of drug-likeness (QED) is 0.571. The number of rotatable bonds is 9. The van der Waals surface area contributed by atoms with Crippen molar-refractivity contribution >= 4 is 5.91 Å². The van der Waals surface area contributed by atoms with Crippen molar-refractivity contribution in [3.05, 3.63) is 29.8 Å². The van der Waals surface area contributed by atoms with Gasteiger partial charge in [0, 0.05) is 13.0 Å². The second kappa shape index (κ2) is 8.50. The lowest BCUT2D eigenvalue weighted by Crippen LogP contribution is -2.32. The summed E-state index contributed by atoms with van der Waals surface area (Å²) in [6.45, 7) is 3.34. The van der Waals surface area contributed by atoms with E-state index in [9.17, 15) is 9.90 Å². The Bertz CT molecular complexity index is 379. The third-order valence-electron chi connectivity index (χ3n) is 2.62. The number of amides is 1. The molecule has 5 heteroatoms. The molecule has 0 bridgehead atoms. The van der Waals surface area contributed by atoms with Crippen molar-refractivity contribution in [3.8, 4) is 5.75 Å². The number of hydrogen-bond acceptors (Lipinski definition) is 4. The average Bonchev–Trinajstić information content (AvgIpc) is 2.37. The predicted octanol–water partition coefficient (Wildman–Crippen LogP) is 0.590. The highest BCUT2D eigenvalue weighted by atomic mass is 16.5. The second-order valence-electron chi connectivity index (χ2n) is 4.55. The maximum absolute atomic E-state index is 10.5. The van der Waals surface area contributed by atoms with Gasteiger partial charge >= 0.3 is 0 Å². The van der Waals surface area contributed by atoms with Gasteiger partial charge in [0.1, 0.15) is 18.5 Å². The summed E-state index contributed by atoms with van der Waals surface area (Å²) >= 11 is 0. The summed E-state index contributed by atoms with van der Waals surface area (Å²) in [6, 6.07) is 7.68. The third kappa shape index (κ3) is 7.43. The first-order valence-corrected chi connectivity index (χ1v) is 6.44. The number of aliphatic hydroxyl groups excluding tert-OH is 1. The summed E-state index contributed by atoms with van der Waals surface area (Å²) in [6.07, 6.45) is 0.471. The molecule has 0 aromatic heterocycles. The van der Waals surface area contributed by atoms with E-state index >= 15 is 0 Å². The molecule has 1 atom stereocenters. The fraction of sp³-hybridized carbons (Fsp3) is 0.500. The highest BCUT2D eigenvalue weighted by Gasteiger charge is 2.04. The Labute approximate surface area is 113 Å². The van der Waals surface area contributed by atoms with Gasteiger partial charge in [-0.2, -0.15) is 0 Å². The number of aryl methyl sites for hydroxylation is 1. The van der Waals surface area contributed by atoms with E-state index < -0.39 is 6.10 Å². The largest absolute Gasteiger partial charge is 0.491 e. The number of benzene rings is 1. The summed E-state index contributed by atoms with van der Waals surface area (Å²) in [5.74, 6) is 0.448. The van der Waals surface area contributed by atoms with Crippen molar-refractivity contribution in [2.75, 3.05) is 19.7 Å². The van der Waals surface area contributed by atoms with E-state index in [1.807, 2.05) is 31.2 Å². The minimum absolute atomic E-state index is 0.242. The fourth-order valence-electron chi connectivity index (χ4n) is 1.54. The zero-order valence-electron chi connectivity index (χ0n) is 11.3. The Morgan fingerprint density at radius 2 is 2.11 bits per heavy atom. The Balaban J connectivity index is 2.09. The normalized spacial score (nSPS) is 12.1. The van der Waals surface area contributed by atoms with Crippen LogP contribution in [-0.4, -0.2) is 36.8 Å². The van der Waals surface area contributed by atoms with Crippen LogP contribution in [0, 0.1) is 6.92 Å². The first-order chi connectivity index (χ1) is 9.08. The Hall–Kier alpha value is -1.59. The molecular formula is C14H22N2O3. The molecule has 0 heterocycles. The van der Waals surface area contributed by atoms with Crippen LogP contribution >= 0.6 is 0 Å². The molecule has 0 aliphatic heterocycles. The number of ether oxygens (including phenoxy) is 1. The van der Waals surface area contributed by atoms with Crippen LogP contribution < -0.4 is 15.8 Å². The lowest BCUT2D eigenvalue weighted by molar-refractivity contribution is -0.118. The molecule has 0 spiro atoms. The number of aliphatic hydroxyl groups is 1. The highest BCUT2D eigenvalue weighted by Crippen LogP contribution is 2.11. The van der Waals surface area contributed by atoms with E-state index in [0.29, 0.717) is 25.9 Å². The summed E-state index contributed by atoms with van der Waals surface area (Å²) in [5, 5.41) is 12.7. The Morgan fingerprint density at radius 1 is 1.42 bits per heavy atom. The smallest absolute Gasteiger partial charge is 0.217 e. The lowest BCUT2D eigenvalue weighted by Gasteiger charge is -2.13. The van der Waals surface area contributed by atoms with Crippen LogP contribution in [0.25, 0.3) is 0 Å². The molecule has 5 nitrogen and oxygen atoms in total. The van der Waals surface area contributed by atoms with Crippen LogP contribution in [0.2, 0.25) is 0 Å². The summed E-state index contributed by atoms with van der Waals surface area (Å²) < 4.78 is 5.45. The van der Waals surface area contributed by atoms with Crippen LogP contribution in [0.4, 0.5) is 0 Å². The van der Waals surface area contributed by atoms with Crippen LogP contribution in [0.15, 0.2) is 24.3 Å². The number of nitrogens with two attached hydrogens (primary N) is 1. The molecule has 0 aliphatic rings. The van der Waals surface area contributed by atoms with Gasteiger partial charge in [-0.1, -0.05) is 17.7 Å². The molecule has 1 aromatic rings. The monoisotopic (exact) mass is 266 g/mol. The molecule has 1 rings (SSSR count). The van der Waals surface area contributed by atoms with Crippen LogP contribution in [-0.2, 0) is 4.79 Å². The minimum atomic E-state index is -0.574. The molecule has 0 saturated heterocycles. The Kier molecular flexibility index (Phi) is 6.92. The number of primary amides is 1. The molecule has 0 aliphatic carbocycles. The van der Waals surface area contributed by atoms with Gasteiger partial charge in [-0.05, 0) is 32.0 Å². The van der Waals surface area contributed by atoms with Gasteiger partial charge in [0.25, 0.3) is 0 Å². The number of carbonyl (C=O) groups is 1. The fourth-order valence-corrected chi connectivity index (χ4v) is 1.54.